The highest BCUT2D eigenvalue weighted by Gasteiger charge is 2.60. The van der Waals surface area contributed by atoms with Crippen molar-refractivity contribution in [3.8, 4) is 0 Å². The van der Waals surface area contributed by atoms with Gasteiger partial charge in [0.1, 0.15) is 146 Å². The van der Waals surface area contributed by atoms with Gasteiger partial charge in [0.2, 0.25) is 11.8 Å². The van der Waals surface area contributed by atoms with Gasteiger partial charge in [0, 0.05) is 241 Å². The Morgan fingerprint density at radius 3 is 0.880 bits per heavy atom. The molecular weight excluding hydrogens is 1950 g/mol. The Labute approximate surface area is 857 Å². The summed E-state index contributed by atoms with van der Waals surface area (Å²) in [6, 6.07) is -1.82. The van der Waals surface area contributed by atoms with Crippen molar-refractivity contribution in [1.29, 1.82) is 0 Å². The van der Waals surface area contributed by atoms with Crippen molar-refractivity contribution in [2.45, 2.75) is 273 Å². The SMILES string of the molecule is COCC1=C[C@@H](N[C@H]2C(C)O[C@@H](O[C@H]3C(COC)O[C@@H](O[C@H]4C(COC)OC(NC(=O)CCC(=O)CCSCCOCCSCCC(=O)CCC(=O)NC5OC(COC)[C@H](O[C@@H]6OC(COC)[C@H](O[C@@H]7OC(C)[C@H](N[C@@H]8C=C(COC)[C@H](CO)[C@@H](OC)C8OC)[C@@H](OC)C7OC)[C@@H](OC)C6OC)[C@@H](OC)C5OC)C(OC)[C@@H]4OC)C(OC)[C@@H]3OC)C(OC)[C@@H]2OC)C(OC)[C@H](OC)[C@H]1CO.SCCOCCS. The van der Waals surface area contributed by atoms with Gasteiger partial charge in [-0.25, -0.2) is 0 Å². The number of ketones is 2. The molecule has 6 heterocycles. The lowest BCUT2D eigenvalue weighted by Gasteiger charge is -2.51. The summed E-state index contributed by atoms with van der Waals surface area (Å²) >= 11 is 11.0. The first-order valence-electron chi connectivity index (χ1n) is 48.1. The maximum absolute atomic E-state index is 13.7. The molecule has 0 aromatic carbocycles. The van der Waals surface area contributed by atoms with Crippen molar-refractivity contribution in [3.63, 3.8) is 0 Å². The van der Waals surface area contributed by atoms with Gasteiger partial charge in [0.15, 0.2) is 37.6 Å². The van der Waals surface area contributed by atoms with Crippen LogP contribution in [0, 0.1) is 11.8 Å². The number of aliphatic hydroxyl groups excluding tert-OH is 2. The fourth-order valence-electron chi connectivity index (χ4n) is 19.8. The van der Waals surface area contributed by atoms with E-state index < -0.39 is 232 Å². The molecule has 0 bridgehead atoms. The van der Waals surface area contributed by atoms with Gasteiger partial charge in [-0.3, -0.25) is 19.2 Å². The Kier molecular flexibility index (Phi) is 61.2. The third-order valence-electron chi connectivity index (χ3n) is 26.7. The van der Waals surface area contributed by atoms with Crippen LogP contribution in [0.4, 0.5) is 0 Å². The van der Waals surface area contributed by atoms with E-state index in [0.717, 1.165) is 35.9 Å². The average Bonchev–Trinajstić information content (AvgIpc) is 0.767. The highest BCUT2D eigenvalue weighted by Crippen LogP contribution is 2.42. The van der Waals surface area contributed by atoms with Gasteiger partial charge < -0.3 is 193 Å². The first kappa shape index (κ1) is 127. The van der Waals surface area contributed by atoms with Crippen LogP contribution in [0.1, 0.15) is 52.4 Å². The summed E-state index contributed by atoms with van der Waals surface area (Å²) in [7, 11) is 33.8. The number of nitrogens with one attached hydrogen (secondary N) is 4. The van der Waals surface area contributed by atoms with Crippen LogP contribution in [0.3, 0.4) is 0 Å². The standard InChI is InChI=1S/C90H158N4O39S2.C4H10OS2/c1-47-63(91-55-37-49(41-101-3)53(39-95)65(107-9)67(55)109-11)73(111-13)81(119-21)87(124-47)130-71-59(45-105-7)128-89(83(121-23)77(71)115-17)132-69-57(43-103-5)126-85(79(117-19)75(69)113-15)93-61(99)27-25-51(97)29-33-134-35-31-123-32-36-135-34-30-52(98)26-28-62(100)94-86-80(118-20)76(114-16)70(58(127-86)44-104-6)133-90-84(122-24)78(116-18)72(60(129-90)46-106-8)131-88-82(120-22)74(112-14)64(48(2)125-88)92-56-38-50(42-102-4)54(40-96)66(108-10)68(56)110-12;6-3-1-5-2-4-7/h37-38,47-48,53-60,63-92,95-96H,25-36,39-46H2,1-24H3,(H,93,99)(H,94,100);6-7H,1-4H2/t47?,48?,53-,54-,55+,56+,57?,58?,59?,60?,63-,64-,65+,66+,67?,68?,69-,70-,71-,72-,73+,74+,75+,76+,77+,78+,79?,80?,81?,82?,83?,84?,85?,86?,87-,88-,89-,90-;/m0./s1. The monoisotopic (exact) mass is 2120 g/mol. The fraction of sp³-hybridized carbons (Fsp3) is 0.915. The van der Waals surface area contributed by atoms with E-state index in [1.807, 2.05) is 26.0 Å². The average molecular weight is 2120 g/mol. The number of hydrogen-bond donors (Lipinski definition) is 8. The quantitative estimate of drug-likeness (QED) is 0.0238. The van der Waals surface area contributed by atoms with Crippen LogP contribution in [0.2, 0.25) is 0 Å². The van der Waals surface area contributed by atoms with Crippen LogP contribution in [0.25, 0.3) is 0 Å². The molecule has 6 aliphatic heterocycles. The number of Topliss-reactive ketones (excluding diaryl/α,β-unsaturated/α-hetero) is 2. The first-order chi connectivity index (χ1) is 68.8. The van der Waals surface area contributed by atoms with Gasteiger partial charge in [-0.05, 0) is 25.0 Å². The predicted octanol–water partition coefficient (Wildman–Crippen LogP) is 0.842. The summed E-state index contributed by atoms with van der Waals surface area (Å²) in [4.78, 5) is 53.7. The first-order valence-corrected chi connectivity index (χ1v) is 51.6. The Morgan fingerprint density at radius 1 is 0.317 bits per heavy atom. The van der Waals surface area contributed by atoms with E-state index in [-0.39, 0.29) is 115 Å². The van der Waals surface area contributed by atoms with Crippen LogP contribution in [-0.4, -0.2) is 524 Å². The number of carbonyl (C=O) groups is 4. The van der Waals surface area contributed by atoms with Gasteiger partial charge >= 0.3 is 0 Å². The highest BCUT2D eigenvalue weighted by atomic mass is 32.2. The van der Waals surface area contributed by atoms with E-state index >= 15 is 0 Å². The zero-order chi connectivity index (χ0) is 104. The van der Waals surface area contributed by atoms with E-state index in [9.17, 15) is 29.4 Å². The molecule has 2 amide bonds. The molecule has 828 valence electrons. The number of rotatable bonds is 66. The molecule has 2 aliphatic carbocycles. The van der Waals surface area contributed by atoms with Crippen molar-refractivity contribution in [2.75, 3.05) is 270 Å². The second-order valence-electron chi connectivity index (χ2n) is 35.1. The number of thioether (sulfide) groups is 2. The summed E-state index contributed by atoms with van der Waals surface area (Å²) in [5.41, 5.74) is 1.71. The summed E-state index contributed by atoms with van der Waals surface area (Å²) in [5, 5.41) is 34.0. The second-order valence-corrected chi connectivity index (χ2v) is 38.4. The molecule has 38 atom stereocenters. The minimum absolute atomic E-state index is 0.00650. The Balaban J connectivity index is 0.00000376. The molecule has 6 saturated heterocycles. The minimum atomic E-state index is -1.17. The largest absolute Gasteiger partial charge is 0.396 e. The highest BCUT2D eigenvalue weighted by molar-refractivity contribution is 7.99. The predicted molar refractivity (Wildman–Crippen MR) is 524 cm³/mol. The van der Waals surface area contributed by atoms with Gasteiger partial charge in [0.05, 0.1) is 128 Å². The number of amides is 2. The van der Waals surface area contributed by atoms with Gasteiger partial charge in [-0.15, -0.1) is 0 Å². The summed E-state index contributed by atoms with van der Waals surface area (Å²) in [5.74, 6) is 2.14. The zero-order valence-corrected chi connectivity index (χ0v) is 90.6. The summed E-state index contributed by atoms with van der Waals surface area (Å²) in [6.45, 7) is 6.37. The molecule has 48 heteroatoms. The smallest absolute Gasteiger partial charge is 0.222 e. The third-order valence-corrected chi connectivity index (χ3v) is 29.0. The number of hydrogen-bond acceptors (Lipinski definition) is 46. The molecule has 6 fully saturated rings. The third kappa shape index (κ3) is 34.8. The van der Waals surface area contributed by atoms with Gasteiger partial charge in [0.25, 0.3) is 0 Å². The Hall–Kier alpha value is -2.36. The molecule has 44 nitrogen and oxygen atoms in total. The molecule has 0 radical (unpaired) electrons. The van der Waals surface area contributed by atoms with Crippen molar-refractivity contribution < 1.29 is 190 Å². The second kappa shape index (κ2) is 68.6. The molecular formula is C94H168N4O40S4. The maximum atomic E-state index is 13.7. The molecule has 142 heavy (non-hydrogen) atoms. The molecule has 8 aliphatic rings. The van der Waals surface area contributed by atoms with Crippen molar-refractivity contribution >= 4 is 72.2 Å². The number of ether oxygens (including phenoxy) is 34. The lowest BCUT2D eigenvalue weighted by molar-refractivity contribution is -0.375. The lowest BCUT2D eigenvalue weighted by atomic mass is 9.80. The number of methoxy groups -OCH3 is 22. The van der Waals surface area contributed by atoms with Crippen LogP contribution in [-0.2, 0) is 180 Å². The molecule has 0 aromatic heterocycles. The summed E-state index contributed by atoms with van der Waals surface area (Å²) in [6.07, 6.45) is -22.9. The van der Waals surface area contributed by atoms with Crippen molar-refractivity contribution in [3.05, 3.63) is 23.3 Å². The normalized spacial score (nSPS) is 36.6. The van der Waals surface area contributed by atoms with E-state index in [0.29, 0.717) is 36.2 Å². The molecule has 16 unspecified atom stereocenters. The molecule has 8 rings (SSSR count). The Bertz CT molecular complexity index is 3310. The van der Waals surface area contributed by atoms with Gasteiger partial charge in [-0.2, -0.15) is 48.8 Å². The van der Waals surface area contributed by atoms with Crippen LogP contribution >= 0.6 is 48.8 Å². The number of thiol groups is 2. The van der Waals surface area contributed by atoms with Crippen molar-refractivity contribution in [1.82, 2.24) is 21.3 Å². The summed E-state index contributed by atoms with van der Waals surface area (Å²) < 4.78 is 210. The van der Waals surface area contributed by atoms with Crippen LogP contribution in [0.5, 0.6) is 0 Å². The fourth-order valence-corrected chi connectivity index (χ4v) is 21.7. The van der Waals surface area contributed by atoms with Gasteiger partial charge in [-0.1, -0.05) is 12.2 Å². The van der Waals surface area contributed by atoms with E-state index in [1.54, 1.807) is 94.6 Å². The molecule has 0 spiro atoms. The zero-order valence-electron chi connectivity index (χ0n) is 87.2. The topological polar surface area (TPSA) is 471 Å². The maximum Gasteiger partial charge on any atom is 0.222 e. The lowest BCUT2D eigenvalue weighted by Crippen LogP contribution is -2.69. The molecule has 0 aromatic rings. The van der Waals surface area contributed by atoms with E-state index in [2.05, 4.69) is 46.5 Å². The number of carbonyl (C=O) groups excluding carboxylic acids is 4. The van der Waals surface area contributed by atoms with E-state index in [4.69, 9.17) is 161 Å². The number of aliphatic hydroxyl groups is 2. The van der Waals surface area contributed by atoms with Crippen LogP contribution < -0.4 is 21.3 Å². The van der Waals surface area contributed by atoms with Crippen LogP contribution in [0.15, 0.2) is 23.3 Å². The minimum Gasteiger partial charge on any atom is -0.396 e. The molecule has 0 saturated carbocycles. The molecule has 6 N–H and O–H groups in total. The van der Waals surface area contributed by atoms with E-state index in [1.165, 1.54) is 85.3 Å². The van der Waals surface area contributed by atoms with Crippen molar-refractivity contribution in [2.24, 2.45) is 11.8 Å². The Morgan fingerprint density at radius 2 is 0.599 bits per heavy atom.